The largest absolute Gasteiger partial charge is 0.465 e. The fourth-order valence-electron chi connectivity index (χ4n) is 1.46. The molecule has 2 rings (SSSR count). The van der Waals surface area contributed by atoms with Gasteiger partial charge >= 0.3 is 0 Å². The molecule has 1 heterocycles. The highest BCUT2D eigenvalue weighted by molar-refractivity contribution is 6.37. The molecule has 3 heteroatoms. The van der Waals surface area contributed by atoms with E-state index < -0.39 is 0 Å². The first-order valence-corrected chi connectivity index (χ1v) is 4.82. The van der Waals surface area contributed by atoms with Crippen LogP contribution in [0.15, 0.2) is 29.3 Å². The Morgan fingerprint density at radius 1 is 1.43 bits per heavy atom. The van der Waals surface area contributed by atoms with Crippen molar-refractivity contribution in [3.8, 4) is 0 Å². The maximum absolute atomic E-state index is 11.6. The van der Waals surface area contributed by atoms with Gasteiger partial charge in [0.25, 0.3) is 5.90 Å². The third-order valence-corrected chi connectivity index (χ3v) is 2.31. The summed E-state index contributed by atoms with van der Waals surface area (Å²) in [7, 11) is 0. The van der Waals surface area contributed by atoms with E-state index >= 15 is 0 Å². The number of aliphatic imine (C=N–C) groups is 1. The fourth-order valence-corrected chi connectivity index (χ4v) is 1.46. The number of fused-ring (bicyclic) bond motifs is 1. The second-order valence-electron chi connectivity index (χ2n) is 3.80. The molecule has 0 radical (unpaired) electrons. The number of hydrogen-bond acceptors (Lipinski definition) is 3. The Labute approximate surface area is 83.2 Å². The molecule has 1 aliphatic heterocycles. The molecule has 2 atom stereocenters. The van der Waals surface area contributed by atoms with E-state index in [1.807, 2.05) is 38.2 Å². The Balaban J connectivity index is 2.15. The predicted octanol–water partition coefficient (Wildman–Crippen LogP) is 1.50. The molecule has 2 unspecified atom stereocenters. The summed E-state index contributed by atoms with van der Waals surface area (Å²) in [4.78, 5) is 15.8. The zero-order valence-corrected chi connectivity index (χ0v) is 8.31. The summed E-state index contributed by atoms with van der Waals surface area (Å²) in [6, 6.07) is -0.00213. The fraction of sp³-hybridized carbons (Fsp3) is 0.455. The van der Waals surface area contributed by atoms with Crippen molar-refractivity contribution in [2.45, 2.75) is 26.0 Å². The van der Waals surface area contributed by atoms with E-state index in [-0.39, 0.29) is 29.7 Å². The SMILES string of the molecule is CC(C)C(=O)C1=NC2C=CC=CC2O1. The van der Waals surface area contributed by atoms with Gasteiger partial charge in [0, 0.05) is 5.92 Å². The molecule has 74 valence electrons. The molecule has 0 bridgehead atoms. The van der Waals surface area contributed by atoms with Gasteiger partial charge in [0.15, 0.2) is 0 Å². The number of ether oxygens (including phenoxy) is 1. The lowest BCUT2D eigenvalue weighted by molar-refractivity contribution is -0.116. The van der Waals surface area contributed by atoms with Gasteiger partial charge in [-0.05, 0) is 6.08 Å². The van der Waals surface area contributed by atoms with Crippen LogP contribution in [0, 0.1) is 5.92 Å². The van der Waals surface area contributed by atoms with E-state index in [1.54, 1.807) is 0 Å². The van der Waals surface area contributed by atoms with Crippen molar-refractivity contribution in [1.29, 1.82) is 0 Å². The lowest BCUT2D eigenvalue weighted by atomic mass is 10.1. The van der Waals surface area contributed by atoms with Crippen LogP contribution in [0.1, 0.15) is 13.8 Å². The summed E-state index contributed by atoms with van der Waals surface area (Å²) in [5, 5.41) is 0. The summed E-state index contributed by atoms with van der Waals surface area (Å²) in [5.74, 6) is 0.217. The number of allylic oxidation sites excluding steroid dienone is 2. The van der Waals surface area contributed by atoms with Crippen LogP contribution in [-0.4, -0.2) is 23.8 Å². The van der Waals surface area contributed by atoms with Crippen molar-refractivity contribution in [3.63, 3.8) is 0 Å². The van der Waals surface area contributed by atoms with Gasteiger partial charge in [-0.1, -0.05) is 32.1 Å². The van der Waals surface area contributed by atoms with Crippen LogP contribution in [0.25, 0.3) is 0 Å². The highest BCUT2D eigenvalue weighted by Crippen LogP contribution is 2.20. The topological polar surface area (TPSA) is 38.7 Å². The zero-order chi connectivity index (χ0) is 10.1. The van der Waals surface area contributed by atoms with Gasteiger partial charge in [0.2, 0.25) is 5.78 Å². The molecular formula is C11H13NO2. The van der Waals surface area contributed by atoms with E-state index in [1.165, 1.54) is 0 Å². The van der Waals surface area contributed by atoms with Crippen molar-refractivity contribution in [3.05, 3.63) is 24.3 Å². The molecule has 0 saturated carbocycles. The van der Waals surface area contributed by atoms with Crippen molar-refractivity contribution in [1.82, 2.24) is 0 Å². The minimum Gasteiger partial charge on any atom is -0.465 e. The first-order chi connectivity index (χ1) is 6.68. The average molecular weight is 191 g/mol. The number of nitrogens with zero attached hydrogens (tertiary/aromatic N) is 1. The smallest absolute Gasteiger partial charge is 0.255 e. The minimum absolute atomic E-state index is 0.00213. The highest BCUT2D eigenvalue weighted by Gasteiger charge is 2.32. The van der Waals surface area contributed by atoms with Gasteiger partial charge in [-0.25, -0.2) is 4.99 Å². The van der Waals surface area contributed by atoms with Crippen molar-refractivity contribution in [2.24, 2.45) is 10.9 Å². The van der Waals surface area contributed by atoms with Crippen LogP contribution in [0.4, 0.5) is 0 Å². The summed E-state index contributed by atoms with van der Waals surface area (Å²) in [6.07, 6.45) is 7.65. The molecule has 0 saturated heterocycles. The number of rotatable bonds is 2. The van der Waals surface area contributed by atoms with E-state index in [4.69, 9.17) is 4.74 Å². The van der Waals surface area contributed by atoms with Crippen LogP contribution in [-0.2, 0) is 9.53 Å². The highest BCUT2D eigenvalue weighted by atomic mass is 16.5. The Bertz CT molecular complexity index is 339. The van der Waals surface area contributed by atoms with E-state index in [9.17, 15) is 4.79 Å². The second-order valence-corrected chi connectivity index (χ2v) is 3.80. The molecule has 1 aliphatic carbocycles. The summed E-state index contributed by atoms with van der Waals surface area (Å²) >= 11 is 0. The van der Waals surface area contributed by atoms with Crippen LogP contribution < -0.4 is 0 Å². The predicted molar refractivity (Wildman–Crippen MR) is 54.2 cm³/mol. The molecule has 0 fully saturated rings. The average Bonchev–Trinajstić information content (AvgIpc) is 2.59. The maximum atomic E-state index is 11.6. The van der Waals surface area contributed by atoms with Crippen LogP contribution >= 0.6 is 0 Å². The van der Waals surface area contributed by atoms with Gasteiger partial charge in [-0.2, -0.15) is 0 Å². The molecule has 0 aromatic carbocycles. The second kappa shape index (κ2) is 3.40. The quantitative estimate of drug-likeness (QED) is 0.663. The third kappa shape index (κ3) is 1.50. The van der Waals surface area contributed by atoms with Crippen molar-refractivity contribution in [2.75, 3.05) is 0 Å². The summed E-state index contributed by atoms with van der Waals surface area (Å²) in [6.45, 7) is 3.70. The van der Waals surface area contributed by atoms with Crippen molar-refractivity contribution >= 4 is 11.7 Å². The Hall–Kier alpha value is -1.38. The lowest BCUT2D eigenvalue weighted by Crippen LogP contribution is -2.23. The third-order valence-electron chi connectivity index (χ3n) is 2.31. The number of carbonyl (C=O) groups is 1. The van der Waals surface area contributed by atoms with E-state index in [0.29, 0.717) is 0 Å². The first-order valence-electron chi connectivity index (χ1n) is 4.82. The van der Waals surface area contributed by atoms with Gasteiger partial charge in [0.05, 0.1) is 0 Å². The Morgan fingerprint density at radius 2 is 2.14 bits per heavy atom. The standard InChI is InChI=1S/C11H13NO2/c1-7(2)10(13)11-12-8-5-3-4-6-9(8)14-11/h3-9H,1-2H3. The number of carbonyl (C=O) groups excluding carboxylic acids is 1. The van der Waals surface area contributed by atoms with Gasteiger partial charge in [-0.3, -0.25) is 4.79 Å². The molecule has 0 aromatic rings. The number of Topliss-reactive ketones (excluding diaryl/α,β-unsaturated/α-hetero) is 1. The Kier molecular flexibility index (Phi) is 2.23. The zero-order valence-electron chi connectivity index (χ0n) is 8.31. The minimum atomic E-state index is -0.0716. The van der Waals surface area contributed by atoms with Crippen LogP contribution in [0.2, 0.25) is 0 Å². The molecule has 0 amide bonds. The van der Waals surface area contributed by atoms with Crippen LogP contribution in [0.5, 0.6) is 0 Å². The van der Waals surface area contributed by atoms with E-state index in [2.05, 4.69) is 4.99 Å². The monoisotopic (exact) mass is 191 g/mol. The Morgan fingerprint density at radius 3 is 2.79 bits per heavy atom. The van der Waals surface area contributed by atoms with Crippen LogP contribution in [0.3, 0.4) is 0 Å². The normalized spacial score (nSPS) is 28.6. The van der Waals surface area contributed by atoms with Crippen molar-refractivity contribution < 1.29 is 9.53 Å². The van der Waals surface area contributed by atoms with E-state index in [0.717, 1.165) is 0 Å². The molecule has 14 heavy (non-hydrogen) atoms. The molecular weight excluding hydrogens is 178 g/mol. The number of hydrogen-bond donors (Lipinski definition) is 0. The van der Waals surface area contributed by atoms with Gasteiger partial charge in [0.1, 0.15) is 12.1 Å². The molecule has 2 aliphatic rings. The molecule has 3 nitrogen and oxygen atoms in total. The van der Waals surface area contributed by atoms with Gasteiger partial charge in [-0.15, -0.1) is 0 Å². The summed E-state index contributed by atoms with van der Waals surface area (Å²) < 4.78 is 5.45. The summed E-state index contributed by atoms with van der Waals surface area (Å²) in [5.41, 5.74) is 0. The first kappa shape index (κ1) is 9.19. The molecule has 0 aromatic heterocycles. The molecule has 0 spiro atoms. The maximum Gasteiger partial charge on any atom is 0.255 e. The van der Waals surface area contributed by atoms with Gasteiger partial charge < -0.3 is 4.74 Å². The number of ketones is 1. The lowest BCUT2D eigenvalue weighted by Gasteiger charge is -2.12. The molecule has 0 N–H and O–H groups in total.